The topological polar surface area (TPSA) is 47.3 Å². The van der Waals surface area contributed by atoms with Crippen LogP contribution in [0.5, 0.6) is 5.75 Å². The fraction of sp³-hybridized carbons (Fsp3) is 0.571. The molecule has 0 spiro atoms. The molecule has 1 aromatic carbocycles. The molecule has 0 saturated carbocycles. The first kappa shape index (κ1) is 13.7. The van der Waals surface area contributed by atoms with Gasteiger partial charge in [-0.15, -0.1) is 0 Å². The smallest absolute Gasteiger partial charge is 0.124 e. The summed E-state index contributed by atoms with van der Waals surface area (Å²) in [6, 6.07) is 8.40. The first-order valence-corrected chi connectivity index (χ1v) is 7.67. The molecule has 3 N–H and O–H groups in total. The molecule has 1 saturated heterocycles. The van der Waals surface area contributed by atoms with Crippen LogP contribution in [-0.4, -0.2) is 17.6 Å². The highest BCUT2D eigenvalue weighted by molar-refractivity contribution is 7.99. The van der Waals surface area contributed by atoms with Gasteiger partial charge in [0.05, 0.1) is 12.1 Å². The van der Waals surface area contributed by atoms with Crippen molar-refractivity contribution in [3.05, 3.63) is 29.8 Å². The van der Waals surface area contributed by atoms with Gasteiger partial charge in [0.15, 0.2) is 0 Å². The van der Waals surface area contributed by atoms with Gasteiger partial charge in [-0.2, -0.15) is 11.8 Å². The maximum absolute atomic E-state index is 5.89. The highest BCUT2D eigenvalue weighted by Crippen LogP contribution is 2.37. The van der Waals surface area contributed by atoms with Crippen molar-refractivity contribution < 1.29 is 4.74 Å². The van der Waals surface area contributed by atoms with E-state index in [4.69, 9.17) is 10.6 Å². The predicted octanol–water partition coefficient (Wildman–Crippen LogP) is 2.73. The summed E-state index contributed by atoms with van der Waals surface area (Å²) >= 11 is 2.00. The molecule has 2 atom stereocenters. The summed E-state index contributed by atoms with van der Waals surface area (Å²) in [6.45, 7) is 4.10. The molecule has 1 aromatic rings. The summed E-state index contributed by atoms with van der Waals surface area (Å²) < 4.78 is 5.89. The number of hydrogen-bond acceptors (Lipinski definition) is 4. The standard InChI is InChI=1S/C14H22N2OS/c1-10(2)17-13-6-4-3-5-12(13)14(16-15)11-7-8-18-9-11/h3-6,10-11,14,16H,7-9,15H2,1-2H3. The molecule has 2 rings (SSSR count). The Morgan fingerprint density at radius 3 is 2.78 bits per heavy atom. The molecule has 0 aliphatic carbocycles. The highest BCUT2D eigenvalue weighted by Gasteiger charge is 2.28. The third-order valence-electron chi connectivity index (χ3n) is 3.23. The van der Waals surface area contributed by atoms with Crippen LogP contribution >= 0.6 is 11.8 Å². The normalized spacial score (nSPS) is 21.2. The molecule has 1 aliphatic heterocycles. The Bertz CT molecular complexity index is 378. The maximum Gasteiger partial charge on any atom is 0.124 e. The molecule has 18 heavy (non-hydrogen) atoms. The van der Waals surface area contributed by atoms with Crippen LogP contribution in [0.3, 0.4) is 0 Å². The van der Waals surface area contributed by atoms with E-state index >= 15 is 0 Å². The van der Waals surface area contributed by atoms with Crippen LogP contribution in [0.1, 0.15) is 31.9 Å². The fourth-order valence-electron chi connectivity index (χ4n) is 2.39. The Morgan fingerprint density at radius 2 is 2.17 bits per heavy atom. The fourth-order valence-corrected chi connectivity index (χ4v) is 3.69. The first-order valence-electron chi connectivity index (χ1n) is 6.52. The monoisotopic (exact) mass is 266 g/mol. The quantitative estimate of drug-likeness (QED) is 0.635. The zero-order valence-electron chi connectivity index (χ0n) is 11.1. The summed E-state index contributed by atoms with van der Waals surface area (Å²) in [4.78, 5) is 0. The second-order valence-electron chi connectivity index (χ2n) is 4.97. The Balaban J connectivity index is 2.23. The number of nitrogens with one attached hydrogen (secondary N) is 1. The third-order valence-corrected chi connectivity index (χ3v) is 4.42. The molecule has 0 amide bonds. The van der Waals surface area contributed by atoms with Gasteiger partial charge in [0.2, 0.25) is 0 Å². The Labute approximate surface area is 113 Å². The Hall–Kier alpha value is -0.710. The van der Waals surface area contributed by atoms with Gasteiger partial charge in [-0.25, -0.2) is 0 Å². The molecule has 1 fully saturated rings. The molecule has 3 nitrogen and oxygen atoms in total. The van der Waals surface area contributed by atoms with Gasteiger partial charge < -0.3 is 4.74 Å². The number of para-hydroxylation sites is 1. The molecular formula is C14H22N2OS. The Morgan fingerprint density at radius 1 is 1.39 bits per heavy atom. The van der Waals surface area contributed by atoms with Crippen molar-refractivity contribution in [2.75, 3.05) is 11.5 Å². The van der Waals surface area contributed by atoms with Gasteiger partial charge in [-0.05, 0) is 43.8 Å². The lowest BCUT2D eigenvalue weighted by Gasteiger charge is -2.25. The molecule has 4 heteroatoms. The van der Waals surface area contributed by atoms with Crippen LogP contribution in [0.4, 0.5) is 0 Å². The number of hydrazine groups is 1. The van der Waals surface area contributed by atoms with Crippen molar-refractivity contribution in [3.8, 4) is 5.75 Å². The lowest BCUT2D eigenvalue weighted by Crippen LogP contribution is -2.34. The molecule has 100 valence electrons. The van der Waals surface area contributed by atoms with E-state index in [1.54, 1.807) is 0 Å². The number of nitrogens with two attached hydrogens (primary N) is 1. The second-order valence-corrected chi connectivity index (χ2v) is 6.12. The minimum atomic E-state index is 0.183. The van der Waals surface area contributed by atoms with Gasteiger partial charge in [-0.1, -0.05) is 18.2 Å². The van der Waals surface area contributed by atoms with Crippen LogP contribution in [0.15, 0.2) is 24.3 Å². The lowest BCUT2D eigenvalue weighted by molar-refractivity contribution is 0.234. The third kappa shape index (κ3) is 3.19. The summed E-state index contributed by atoms with van der Waals surface area (Å²) in [5.74, 6) is 9.72. The highest BCUT2D eigenvalue weighted by atomic mass is 32.2. The number of benzene rings is 1. The zero-order chi connectivity index (χ0) is 13.0. The van der Waals surface area contributed by atoms with Gasteiger partial charge in [0.25, 0.3) is 0 Å². The zero-order valence-corrected chi connectivity index (χ0v) is 11.9. The van der Waals surface area contributed by atoms with Gasteiger partial charge >= 0.3 is 0 Å². The van der Waals surface area contributed by atoms with Crippen molar-refractivity contribution >= 4 is 11.8 Å². The molecule has 0 aromatic heterocycles. The number of rotatable bonds is 5. The summed E-state index contributed by atoms with van der Waals surface area (Å²) in [5.41, 5.74) is 4.16. The molecule has 1 aliphatic rings. The van der Waals surface area contributed by atoms with Crippen LogP contribution in [0, 0.1) is 5.92 Å². The van der Waals surface area contributed by atoms with E-state index in [2.05, 4.69) is 17.6 Å². The summed E-state index contributed by atoms with van der Waals surface area (Å²) in [6.07, 6.45) is 1.40. The van der Waals surface area contributed by atoms with Crippen molar-refractivity contribution in [1.82, 2.24) is 5.43 Å². The second kappa shape index (κ2) is 6.45. The van der Waals surface area contributed by atoms with E-state index in [0.29, 0.717) is 5.92 Å². The average molecular weight is 266 g/mol. The molecule has 0 radical (unpaired) electrons. The average Bonchev–Trinajstić information content (AvgIpc) is 2.85. The van der Waals surface area contributed by atoms with Crippen molar-refractivity contribution in [2.45, 2.75) is 32.4 Å². The van der Waals surface area contributed by atoms with Gasteiger partial charge in [0.1, 0.15) is 5.75 Å². The van der Waals surface area contributed by atoms with Crippen molar-refractivity contribution in [2.24, 2.45) is 11.8 Å². The number of ether oxygens (including phenoxy) is 1. The van der Waals surface area contributed by atoms with Crippen LogP contribution in [-0.2, 0) is 0 Å². The predicted molar refractivity (Wildman–Crippen MR) is 77.7 cm³/mol. The number of hydrogen-bond donors (Lipinski definition) is 2. The van der Waals surface area contributed by atoms with Crippen molar-refractivity contribution in [1.29, 1.82) is 0 Å². The van der Waals surface area contributed by atoms with E-state index in [0.717, 1.165) is 5.75 Å². The van der Waals surface area contributed by atoms with E-state index in [1.165, 1.54) is 23.5 Å². The van der Waals surface area contributed by atoms with E-state index < -0.39 is 0 Å². The molecule has 1 heterocycles. The van der Waals surface area contributed by atoms with Gasteiger partial charge in [0, 0.05) is 5.56 Å². The van der Waals surface area contributed by atoms with Gasteiger partial charge in [-0.3, -0.25) is 11.3 Å². The lowest BCUT2D eigenvalue weighted by atomic mass is 9.92. The van der Waals surface area contributed by atoms with E-state index in [1.807, 2.05) is 37.7 Å². The minimum absolute atomic E-state index is 0.183. The molecule has 2 unspecified atom stereocenters. The van der Waals surface area contributed by atoms with Crippen LogP contribution in [0.2, 0.25) is 0 Å². The largest absolute Gasteiger partial charge is 0.491 e. The first-order chi connectivity index (χ1) is 8.72. The Kier molecular flexibility index (Phi) is 4.92. The van der Waals surface area contributed by atoms with Crippen LogP contribution < -0.4 is 16.0 Å². The van der Waals surface area contributed by atoms with E-state index in [9.17, 15) is 0 Å². The number of thioether (sulfide) groups is 1. The van der Waals surface area contributed by atoms with Crippen LogP contribution in [0.25, 0.3) is 0 Å². The summed E-state index contributed by atoms with van der Waals surface area (Å²) in [5, 5.41) is 0. The summed E-state index contributed by atoms with van der Waals surface area (Å²) in [7, 11) is 0. The SMILES string of the molecule is CC(C)Oc1ccccc1C(NN)C1CCSC1. The maximum atomic E-state index is 5.89. The molecule has 0 bridgehead atoms. The minimum Gasteiger partial charge on any atom is -0.491 e. The van der Waals surface area contributed by atoms with E-state index in [-0.39, 0.29) is 12.1 Å². The molecular weight excluding hydrogens is 244 g/mol. The van der Waals surface area contributed by atoms with Crippen molar-refractivity contribution in [3.63, 3.8) is 0 Å².